The Balaban J connectivity index is 1.47. The molecule has 0 aliphatic carbocycles. The normalized spacial score (nSPS) is 15.5. The number of morpholine rings is 1. The van der Waals surface area contributed by atoms with Crippen molar-refractivity contribution in [3.8, 4) is 0 Å². The summed E-state index contributed by atoms with van der Waals surface area (Å²) < 4.78 is 5.38. The molecule has 3 rings (SSSR count). The first kappa shape index (κ1) is 18.7. The number of carbonyl (C=O) groups excluding carboxylic acids is 1. The number of anilines is 1. The topological polar surface area (TPSA) is 54.5 Å². The van der Waals surface area contributed by atoms with E-state index in [-0.39, 0.29) is 11.2 Å². The summed E-state index contributed by atoms with van der Waals surface area (Å²) in [4.78, 5) is 19.0. The van der Waals surface area contributed by atoms with Gasteiger partial charge in [-0.1, -0.05) is 30.3 Å². The number of ether oxygens (including phenoxy) is 1. The van der Waals surface area contributed by atoms with Crippen molar-refractivity contribution in [3.05, 3.63) is 59.8 Å². The molecule has 1 amide bonds. The summed E-state index contributed by atoms with van der Waals surface area (Å²) >= 11 is 1.65. The van der Waals surface area contributed by atoms with Gasteiger partial charge in [0.15, 0.2) is 0 Å². The monoisotopic (exact) mass is 371 g/mol. The van der Waals surface area contributed by atoms with Crippen LogP contribution < -0.4 is 10.2 Å². The highest BCUT2D eigenvalue weighted by Gasteiger charge is 2.15. The van der Waals surface area contributed by atoms with Gasteiger partial charge in [-0.05, 0) is 30.2 Å². The first-order valence-electron chi connectivity index (χ1n) is 8.93. The maximum Gasteiger partial charge on any atom is 0.233 e. The van der Waals surface area contributed by atoms with Crippen LogP contribution in [-0.2, 0) is 21.8 Å². The number of nitrogens with zero attached hydrogens (tertiary/aromatic N) is 2. The van der Waals surface area contributed by atoms with Crippen molar-refractivity contribution in [1.82, 2.24) is 10.3 Å². The SMILES string of the molecule is C[C@@H](SCc1ccccc1)C(=O)NCc1ccnc(N2CCOCC2)c1. The molecule has 1 aliphatic rings. The number of nitrogens with one attached hydrogen (secondary N) is 1. The fourth-order valence-electron chi connectivity index (χ4n) is 2.74. The fraction of sp³-hybridized carbons (Fsp3) is 0.400. The Morgan fingerprint density at radius 2 is 2.00 bits per heavy atom. The molecule has 1 aliphatic heterocycles. The van der Waals surface area contributed by atoms with Gasteiger partial charge in [0.2, 0.25) is 5.91 Å². The van der Waals surface area contributed by atoms with Crippen molar-refractivity contribution >= 4 is 23.5 Å². The van der Waals surface area contributed by atoms with E-state index in [1.165, 1.54) is 5.56 Å². The lowest BCUT2D eigenvalue weighted by atomic mass is 10.2. The van der Waals surface area contributed by atoms with Gasteiger partial charge < -0.3 is 15.0 Å². The number of hydrogen-bond acceptors (Lipinski definition) is 5. The summed E-state index contributed by atoms with van der Waals surface area (Å²) in [5.41, 5.74) is 2.30. The number of pyridine rings is 1. The van der Waals surface area contributed by atoms with Gasteiger partial charge in [0, 0.05) is 31.6 Å². The molecule has 26 heavy (non-hydrogen) atoms. The summed E-state index contributed by atoms with van der Waals surface area (Å²) in [5.74, 6) is 1.86. The number of thioether (sulfide) groups is 1. The second-order valence-electron chi connectivity index (χ2n) is 6.28. The van der Waals surface area contributed by atoms with E-state index in [0.29, 0.717) is 6.54 Å². The minimum Gasteiger partial charge on any atom is -0.378 e. The molecule has 138 valence electrons. The summed E-state index contributed by atoms with van der Waals surface area (Å²) in [6, 6.07) is 14.2. The van der Waals surface area contributed by atoms with Gasteiger partial charge in [0.1, 0.15) is 5.82 Å². The Morgan fingerprint density at radius 3 is 2.77 bits per heavy atom. The van der Waals surface area contributed by atoms with Crippen molar-refractivity contribution in [1.29, 1.82) is 0 Å². The van der Waals surface area contributed by atoms with Crippen LogP contribution in [0.5, 0.6) is 0 Å². The number of carbonyl (C=O) groups is 1. The first-order chi connectivity index (χ1) is 12.7. The molecule has 0 bridgehead atoms. The molecular weight excluding hydrogens is 346 g/mol. The molecule has 1 atom stereocenters. The first-order valence-corrected chi connectivity index (χ1v) is 9.98. The van der Waals surface area contributed by atoms with Gasteiger partial charge in [0.25, 0.3) is 0 Å². The van der Waals surface area contributed by atoms with E-state index in [0.717, 1.165) is 43.4 Å². The van der Waals surface area contributed by atoms with E-state index in [1.807, 2.05) is 37.3 Å². The fourth-order valence-corrected chi connectivity index (χ4v) is 3.61. The smallest absolute Gasteiger partial charge is 0.233 e. The molecule has 1 saturated heterocycles. The number of benzene rings is 1. The zero-order valence-corrected chi connectivity index (χ0v) is 15.9. The van der Waals surface area contributed by atoms with Gasteiger partial charge >= 0.3 is 0 Å². The van der Waals surface area contributed by atoms with Gasteiger partial charge in [0.05, 0.1) is 18.5 Å². The van der Waals surface area contributed by atoms with E-state index >= 15 is 0 Å². The van der Waals surface area contributed by atoms with Gasteiger partial charge in [-0.3, -0.25) is 4.79 Å². The van der Waals surface area contributed by atoms with Crippen LogP contribution in [-0.4, -0.2) is 42.4 Å². The third-order valence-electron chi connectivity index (χ3n) is 4.32. The summed E-state index contributed by atoms with van der Waals surface area (Å²) in [6.45, 7) is 5.66. The zero-order valence-electron chi connectivity index (χ0n) is 15.1. The predicted molar refractivity (Wildman–Crippen MR) is 106 cm³/mol. The van der Waals surface area contributed by atoms with Crippen LogP contribution in [0.15, 0.2) is 48.7 Å². The van der Waals surface area contributed by atoms with E-state index in [9.17, 15) is 4.79 Å². The Hall–Kier alpha value is -2.05. The Labute approximate surface area is 159 Å². The molecule has 1 N–H and O–H groups in total. The highest BCUT2D eigenvalue weighted by Crippen LogP contribution is 2.18. The minimum atomic E-state index is -0.0873. The lowest BCUT2D eigenvalue weighted by Crippen LogP contribution is -2.36. The molecule has 0 saturated carbocycles. The lowest BCUT2D eigenvalue weighted by molar-refractivity contribution is -0.120. The minimum absolute atomic E-state index is 0.0654. The van der Waals surface area contributed by atoms with Crippen LogP contribution in [0.4, 0.5) is 5.82 Å². The Bertz CT molecular complexity index is 705. The third kappa shape index (κ3) is 5.47. The van der Waals surface area contributed by atoms with Crippen LogP contribution in [0.2, 0.25) is 0 Å². The molecule has 1 fully saturated rings. The number of aromatic nitrogens is 1. The average molecular weight is 372 g/mol. The van der Waals surface area contributed by atoms with E-state index in [1.54, 1.807) is 18.0 Å². The lowest BCUT2D eigenvalue weighted by Gasteiger charge is -2.28. The van der Waals surface area contributed by atoms with E-state index in [2.05, 4.69) is 27.3 Å². The average Bonchev–Trinajstić information content (AvgIpc) is 2.72. The Kier molecular flexibility index (Phi) is 6.91. The van der Waals surface area contributed by atoms with Gasteiger partial charge in [-0.2, -0.15) is 0 Å². The van der Waals surface area contributed by atoms with Crippen molar-refractivity contribution in [3.63, 3.8) is 0 Å². The molecule has 2 heterocycles. The molecule has 5 nitrogen and oxygen atoms in total. The summed E-state index contributed by atoms with van der Waals surface area (Å²) in [7, 11) is 0. The molecule has 1 aromatic heterocycles. The number of hydrogen-bond donors (Lipinski definition) is 1. The van der Waals surface area contributed by atoms with E-state index < -0.39 is 0 Å². The molecule has 1 aromatic carbocycles. The van der Waals surface area contributed by atoms with Gasteiger partial charge in [-0.25, -0.2) is 4.98 Å². The third-order valence-corrected chi connectivity index (χ3v) is 5.54. The number of amides is 1. The standard InChI is InChI=1S/C20H25N3O2S/c1-16(26-15-17-5-3-2-4-6-17)20(24)22-14-18-7-8-21-19(13-18)23-9-11-25-12-10-23/h2-8,13,16H,9-12,14-15H2,1H3,(H,22,24)/t16-/m1/s1. The summed E-state index contributed by atoms with van der Waals surface area (Å²) in [6.07, 6.45) is 1.81. The van der Waals surface area contributed by atoms with Crippen molar-refractivity contribution in [2.24, 2.45) is 0 Å². The quantitative estimate of drug-likeness (QED) is 0.811. The van der Waals surface area contributed by atoms with Crippen molar-refractivity contribution in [2.45, 2.75) is 24.5 Å². The van der Waals surface area contributed by atoms with Gasteiger partial charge in [-0.15, -0.1) is 11.8 Å². The Morgan fingerprint density at radius 1 is 1.23 bits per heavy atom. The van der Waals surface area contributed by atoms with Crippen LogP contribution in [0.1, 0.15) is 18.1 Å². The second-order valence-corrected chi connectivity index (χ2v) is 7.61. The maximum absolute atomic E-state index is 12.3. The molecule has 0 spiro atoms. The van der Waals surface area contributed by atoms with E-state index in [4.69, 9.17) is 4.74 Å². The zero-order chi connectivity index (χ0) is 18.2. The van der Waals surface area contributed by atoms with Crippen molar-refractivity contribution in [2.75, 3.05) is 31.2 Å². The number of rotatable bonds is 7. The predicted octanol–water partition coefficient (Wildman–Crippen LogP) is 2.86. The molecular formula is C20H25N3O2S. The van der Waals surface area contributed by atoms with Crippen LogP contribution >= 0.6 is 11.8 Å². The molecule has 0 unspecified atom stereocenters. The highest BCUT2D eigenvalue weighted by molar-refractivity contribution is 7.99. The van der Waals surface area contributed by atoms with Crippen molar-refractivity contribution < 1.29 is 9.53 Å². The summed E-state index contributed by atoms with van der Waals surface area (Å²) in [5, 5.41) is 2.95. The molecule has 2 aromatic rings. The maximum atomic E-state index is 12.3. The highest BCUT2D eigenvalue weighted by atomic mass is 32.2. The van der Waals surface area contributed by atoms with Crippen LogP contribution in [0.25, 0.3) is 0 Å². The van der Waals surface area contributed by atoms with Crippen LogP contribution in [0, 0.1) is 0 Å². The largest absolute Gasteiger partial charge is 0.378 e. The van der Waals surface area contributed by atoms with Crippen LogP contribution in [0.3, 0.4) is 0 Å². The molecule has 0 radical (unpaired) electrons. The molecule has 6 heteroatoms. The second kappa shape index (κ2) is 9.59.